The molecule has 5 N–H and O–H groups in total. The molecule has 3 aromatic rings. The SMILES string of the molecule is COc1cc(NC(C)CCCN)c2nc(C(F)(F)F)cc(C)c2c1-c1ccc(C(F)(F)F)cc1.O=C(O)CCC(=O)O. The molecule has 0 amide bonds. The minimum Gasteiger partial charge on any atom is -0.496 e. The molecule has 0 fully saturated rings. The summed E-state index contributed by atoms with van der Waals surface area (Å²) in [6, 6.07) is 6.73. The van der Waals surface area contributed by atoms with Crippen molar-refractivity contribution in [3.8, 4) is 16.9 Å². The van der Waals surface area contributed by atoms with Crippen molar-refractivity contribution in [2.75, 3.05) is 19.0 Å². The Balaban J connectivity index is 0.000000675. The van der Waals surface area contributed by atoms with Crippen LogP contribution < -0.4 is 15.8 Å². The maximum absolute atomic E-state index is 13.6. The largest absolute Gasteiger partial charge is 0.496 e. The van der Waals surface area contributed by atoms with E-state index in [0.717, 1.165) is 18.2 Å². The van der Waals surface area contributed by atoms with Crippen molar-refractivity contribution >= 4 is 28.5 Å². The Morgan fingerprint density at radius 1 is 1.00 bits per heavy atom. The number of rotatable bonds is 10. The van der Waals surface area contributed by atoms with Crippen LogP contribution in [0.2, 0.25) is 0 Å². The molecule has 0 aliphatic carbocycles. The monoisotopic (exact) mass is 603 g/mol. The number of carboxylic acid groups (broad SMARTS) is 2. The molecule has 0 saturated carbocycles. The third-order valence-corrected chi connectivity index (χ3v) is 6.05. The van der Waals surface area contributed by atoms with Gasteiger partial charge in [-0.1, -0.05) is 12.1 Å². The molecule has 1 atom stereocenters. The summed E-state index contributed by atoms with van der Waals surface area (Å²) in [5.41, 5.74) is 5.06. The van der Waals surface area contributed by atoms with Crippen LogP contribution in [0, 0.1) is 6.92 Å². The zero-order valence-electron chi connectivity index (χ0n) is 23.0. The molecule has 0 bridgehead atoms. The summed E-state index contributed by atoms with van der Waals surface area (Å²) < 4.78 is 85.3. The maximum atomic E-state index is 13.6. The van der Waals surface area contributed by atoms with Gasteiger partial charge in [-0.3, -0.25) is 9.59 Å². The number of alkyl halides is 6. The number of fused-ring (bicyclic) bond motifs is 1. The van der Waals surface area contributed by atoms with Gasteiger partial charge in [0.05, 0.1) is 36.7 Å². The van der Waals surface area contributed by atoms with Crippen molar-refractivity contribution in [2.24, 2.45) is 5.73 Å². The predicted octanol–water partition coefficient (Wildman–Crippen LogP) is 6.73. The van der Waals surface area contributed by atoms with Gasteiger partial charge in [-0.2, -0.15) is 26.3 Å². The molecule has 0 saturated heterocycles. The van der Waals surface area contributed by atoms with Crippen molar-refractivity contribution in [3.05, 3.63) is 53.2 Å². The molecule has 0 aliphatic rings. The van der Waals surface area contributed by atoms with Crippen LogP contribution in [-0.2, 0) is 21.9 Å². The van der Waals surface area contributed by atoms with Crippen LogP contribution in [0.4, 0.5) is 32.0 Å². The summed E-state index contributed by atoms with van der Waals surface area (Å²) in [4.78, 5) is 23.2. The molecule has 8 nitrogen and oxygen atoms in total. The first-order valence-electron chi connectivity index (χ1n) is 12.7. The zero-order chi connectivity index (χ0) is 31.8. The highest BCUT2D eigenvalue weighted by atomic mass is 19.4. The molecule has 0 radical (unpaired) electrons. The van der Waals surface area contributed by atoms with Crippen molar-refractivity contribution in [2.45, 2.75) is 57.9 Å². The van der Waals surface area contributed by atoms with Crippen LogP contribution >= 0.6 is 0 Å². The number of benzene rings is 2. The number of ether oxygens (including phenoxy) is 1. The average molecular weight is 604 g/mol. The number of aryl methyl sites for hydroxylation is 1. The fourth-order valence-corrected chi connectivity index (χ4v) is 4.08. The minimum atomic E-state index is -4.67. The number of carbonyl (C=O) groups is 2. The highest BCUT2D eigenvalue weighted by molar-refractivity contribution is 6.06. The quantitative estimate of drug-likeness (QED) is 0.187. The summed E-state index contributed by atoms with van der Waals surface area (Å²) in [6.45, 7) is 3.85. The lowest BCUT2D eigenvalue weighted by atomic mass is 9.94. The van der Waals surface area contributed by atoms with Gasteiger partial charge in [0, 0.05) is 23.1 Å². The molecule has 1 aromatic heterocycles. The number of anilines is 1. The highest BCUT2D eigenvalue weighted by Gasteiger charge is 2.34. The molecule has 42 heavy (non-hydrogen) atoms. The van der Waals surface area contributed by atoms with Gasteiger partial charge in [-0.25, -0.2) is 4.98 Å². The van der Waals surface area contributed by atoms with E-state index in [1.807, 2.05) is 6.92 Å². The van der Waals surface area contributed by atoms with E-state index in [1.54, 1.807) is 0 Å². The highest BCUT2D eigenvalue weighted by Crippen LogP contribution is 2.44. The maximum Gasteiger partial charge on any atom is 0.433 e. The smallest absolute Gasteiger partial charge is 0.433 e. The Hall–Kier alpha value is -4.07. The van der Waals surface area contributed by atoms with Crippen molar-refractivity contribution in [1.82, 2.24) is 4.98 Å². The molecule has 0 aliphatic heterocycles. The number of aliphatic carboxylic acids is 2. The minimum absolute atomic E-state index is 0.0580. The number of methoxy groups -OCH3 is 1. The Morgan fingerprint density at radius 2 is 1.57 bits per heavy atom. The van der Waals surface area contributed by atoms with E-state index in [0.29, 0.717) is 47.3 Å². The summed E-state index contributed by atoms with van der Waals surface area (Å²) in [5.74, 6) is -1.86. The average Bonchev–Trinajstić information content (AvgIpc) is 2.90. The van der Waals surface area contributed by atoms with Crippen LogP contribution in [0.3, 0.4) is 0 Å². The number of halogens is 6. The van der Waals surface area contributed by atoms with Crippen LogP contribution in [0.15, 0.2) is 36.4 Å². The zero-order valence-corrected chi connectivity index (χ0v) is 23.0. The van der Waals surface area contributed by atoms with Gasteiger partial charge in [0.25, 0.3) is 0 Å². The Labute approximate surface area is 237 Å². The van der Waals surface area contributed by atoms with E-state index in [-0.39, 0.29) is 30.0 Å². The second kappa shape index (κ2) is 14.2. The molecular weight excluding hydrogens is 572 g/mol. The number of nitrogens with zero attached hydrogens (tertiary/aromatic N) is 1. The third kappa shape index (κ3) is 9.23. The molecule has 2 aromatic carbocycles. The molecule has 14 heteroatoms. The first-order valence-corrected chi connectivity index (χ1v) is 12.7. The first-order chi connectivity index (χ1) is 19.5. The van der Waals surface area contributed by atoms with E-state index in [9.17, 15) is 35.9 Å². The third-order valence-electron chi connectivity index (χ3n) is 6.05. The lowest BCUT2D eigenvalue weighted by Gasteiger charge is -2.22. The van der Waals surface area contributed by atoms with Gasteiger partial charge in [-0.05, 0) is 62.6 Å². The topological polar surface area (TPSA) is 135 Å². The number of pyridine rings is 1. The molecule has 1 heterocycles. The van der Waals surface area contributed by atoms with E-state index in [1.165, 1.54) is 32.2 Å². The number of hydrogen-bond donors (Lipinski definition) is 4. The Bertz CT molecular complexity index is 1380. The van der Waals surface area contributed by atoms with E-state index in [2.05, 4.69) is 10.3 Å². The van der Waals surface area contributed by atoms with Crippen molar-refractivity contribution in [3.63, 3.8) is 0 Å². The second-order valence-corrected chi connectivity index (χ2v) is 9.39. The summed E-state index contributed by atoms with van der Waals surface area (Å²) in [7, 11) is 1.39. The summed E-state index contributed by atoms with van der Waals surface area (Å²) >= 11 is 0. The molecule has 230 valence electrons. The van der Waals surface area contributed by atoms with Crippen LogP contribution in [0.25, 0.3) is 22.0 Å². The van der Waals surface area contributed by atoms with Crippen molar-refractivity contribution < 1.29 is 50.9 Å². The normalized spacial score (nSPS) is 12.3. The first kappa shape index (κ1) is 34.1. The number of aromatic nitrogens is 1. The lowest BCUT2D eigenvalue weighted by molar-refractivity contribution is -0.143. The standard InChI is InChI=1S/C24H25F6N3O.C4H6O4/c1-13-11-19(24(28,29)30)33-22-17(32-14(2)5-4-10-31)12-18(34-3)21(20(13)22)15-6-8-16(9-7-15)23(25,26)27;5-3(6)1-2-4(7)8/h6-9,11-12,14,32H,4-5,10,31H2,1-3H3;1-2H2,(H,5,6)(H,7,8). The predicted molar refractivity (Wildman–Crippen MR) is 144 cm³/mol. The fraction of sp³-hybridized carbons (Fsp3) is 0.393. The number of nitrogens with one attached hydrogen (secondary N) is 1. The molecular formula is C28H31F6N3O5. The van der Waals surface area contributed by atoms with Gasteiger partial charge in [0.2, 0.25) is 0 Å². The van der Waals surface area contributed by atoms with E-state index in [4.69, 9.17) is 20.7 Å². The van der Waals surface area contributed by atoms with Gasteiger partial charge in [-0.15, -0.1) is 0 Å². The van der Waals surface area contributed by atoms with E-state index >= 15 is 0 Å². The number of hydrogen-bond acceptors (Lipinski definition) is 6. The van der Waals surface area contributed by atoms with Gasteiger partial charge < -0.3 is 26.0 Å². The lowest BCUT2D eigenvalue weighted by Crippen LogP contribution is -2.18. The Kier molecular flexibility index (Phi) is 11.5. The van der Waals surface area contributed by atoms with Gasteiger partial charge >= 0.3 is 24.3 Å². The second-order valence-electron chi connectivity index (χ2n) is 9.39. The van der Waals surface area contributed by atoms with Crippen LogP contribution in [0.1, 0.15) is 49.4 Å². The number of carboxylic acids is 2. The van der Waals surface area contributed by atoms with Gasteiger partial charge in [0.15, 0.2) is 0 Å². The number of nitrogens with two attached hydrogens (primary N) is 1. The fourth-order valence-electron chi connectivity index (χ4n) is 4.08. The molecule has 0 spiro atoms. The van der Waals surface area contributed by atoms with Gasteiger partial charge in [0.1, 0.15) is 11.4 Å². The Morgan fingerprint density at radius 3 is 2.02 bits per heavy atom. The molecule has 1 unspecified atom stereocenters. The van der Waals surface area contributed by atoms with Crippen LogP contribution in [-0.4, -0.2) is 46.8 Å². The summed E-state index contributed by atoms with van der Waals surface area (Å²) in [6.07, 6.45) is -8.39. The van der Waals surface area contributed by atoms with Crippen molar-refractivity contribution in [1.29, 1.82) is 0 Å². The molecule has 3 rings (SSSR count). The summed E-state index contributed by atoms with van der Waals surface area (Å²) in [5, 5.41) is 19.4. The van der Waals surface area contributed by atoms with Crippen LogP contribution in [0.5, 0.6) is 5.75 Å². The van der Waals surface area contributed by atoms with E-state index < -0.39 is 35.5 Å².